The highest BCUT2D eigenvalue weighted by molar-refractivity contribution is 6.23. The summed E-state index contributed by atoms with van der Waals surface area (Å²) >= 11 is 0. The minimum Gasteiger partial charge on any atom is -0.312 e. The number of amides is 4. The zero-order chi connectivity index (χ0) is 17.0. The highest BCUT2D eigenvalue weighted by atomic mass is 19.1. The van der Waals surface area contributed by atoms with Crippen LogP contribution in [0.1, 0.15) is 44.7 Å². The van der Waals surface area contributed by atoms with Gasteiger partial charge in [0, 0.05) is 18.5 Å². The molecule has 3 aliphatic heterocycles. The molecule has 7 nitrogen and oxygen atoms in total. The van der Waals surface area contributed by atoms with Crippen molar-refractivity contribution in [2.24, 2.45) is 0 Å². The molecule has 0 radical (unpaired) electrons. The van der Waals surface area contributed by atoms with Crippen molar-refractivity contribution in [3.8, 4) is 0 Å². The second kappa shape index (κ2) is 5.20. The number of carbonyl (C=O) groups excluding carboxylic acids is 4. The third-order valence-electron chi connectivity index (χ3n) is 4.74. The molecular weight excluding hydrogens is 317 g/mol. The Morgan fingerprint density at radius 2 is 1.92 bits per heavy atom. The molecule has 0 spiro atoms. The average Bonchev–Trinajstić information content (AvgIpc) is 2.80. The molecule has 1 aromatic carbocycles. The van der Waals surface area contributed by atoms with Crippen LogP contribution in [0.2, 0.25) is 0 Å². The summed E-state index contributed by atoms with van der Waals surface area (Å²) in [5, 5.41) is 5.15. The van der Waals surface area contributed by atoms with E-state index in [1.807, 2.05) is 0 Å². The van der Waals surface area contributed by atoms with E-state index in [1.54, 1.807) is 6.07 Å². The Kier molecular flexibility index (Phi) is 3.24. The number of hydrogen-bond acceptors (Lipinski definition) is 5. The molecule has 124 valence electrons. The smallest absolute Gasteiger partial charge is 0.265 e. The topological polar surface area (TPSA) is 95.6 Å². The summed E-state index contributed by atoms with van der Waals surface area (Å²) in [5.41, 5.74) is 0.831. The van der Waals surface area contributed by atoms with Gasteiger partial charge in [0.2, 0.25) is 11.8 Å². The number of fused-ring (bicyclic) bond motifs is 2. The highest BCUT2D eigenvalue weighted by Crippen LogP contribution is 2.33. The number of carbonyl (C=O) groups is 4. The van der Waals surface area contributed by atoms with Gasteiger partial charge in [-0.1, -0.05) is 0 Å². The average molecular weight is 331 g/mol. The van der Waals surface area contributed by atoms with Crippen LogP contribution >= 0.6 is 0 Å². The van der Waals surface area contributed by atoms with Crippen molar-refractivity contribution in [1.82, 2.24) is 15.5 Å². The molecule has 0 aliphatic carbocycles. The van der Waals surface area contributed by atoms with Crippen molar-refractivity contribution >= 4 is 23.6 Å². The second-order valence-electron chi connectivity index (χ2n) is 6.12. The van der Waals surface area contributed by atoms with Crippen LogP contribution in [0.3, 0.4) is 0 Å². The Labute approximate surface area is 136 Å². The molecule has 3 aliphatic rings. The summed E-state index contributed by atoms with van der Waals surface area (Å²) in [7, 11) is 0. The van der Waals surface area contributed by atoms with Gasteiger partial charge in [-0.15, -0.1) is 0 Å². The lowest BCUT2D eigenvalue weighted by Gasteiger charge is -2.27. The fraction of sp³-hybridized carbons (Fsp3) is 0.375. The van der Waals surface area contributed by atoms with Gasteiger partial charge in [0.05, 0.1) is 11.1 Å². The summed E-state index contributed by atoms with van der Waals surface area (Å²) < 4.78 is 14.8. The van der Waals surface area contributed by atoms with Crippen LogP contribution in [-0.4, -0.2) is 41.1 Å². The monoisotopic (exact) mass is 331 g/mol. The number of rotatable bonds is 1. The molecule has 4 amide bonds. The summed E-state index contributed by atoms with van der Waals surface area (Å²) in [6, 6.07) is 0.477. The van der Waals surface area contributed by atoms with Crippen molar-refractivity contribution in [3.05, 3.63) is 34.1 Å². The summed E-state index contributed by atoms with van der Waals surface area (Å²) in [4.78, 5) is 49.3. The molecule has 0 aromatic heterocycles. The third kappa shape index (κ3) is 1.99. The first-order chi connectivity index (χ1) is 11.5. The molecule has 1 fully saturated rings. The maximum absolute atomic E-state index is 14.8. The molecule has 1 aromatic rings. The zero-order valence-corrected chi connectivity index (χ0v) is 12.6. The third-order valence-corrected chi connectivity index (χ3v) is 4.74. The van der Waals surface area contributed by atoms with E-state index >= 15 is 0 Å². The SMILES string of the molecule is O=C1CCC(N2C(=O)c3cc4c(c(F)c3C2=O)CNCC4)C(=O)N1. The summed E-state index contributed by atoms with van der Waals surface area (Å²) in [6.07, 6.45) is 0.658. The van der Waals surface area contributed by atoms with Crippen LogP contribution in [-0.2, 0) is 22.6 Å². The minimum absolute atomic E-state index is 0.00264. The number of nitrogens with one attached hydrogen (secondary N) is 2. The number of hydrogen-bond donors (Lipinski definition) is 2. The normalized spacial score (nSPS) is 23.2. The highest BCUT2D eigenvalue weighted by Gasteiger charge is 2.46. The Hall–Kier alpha value is -2.61. The van der Waals surface area contributed by atoms with Gasteiger partial charge >= 0.3 is 0 Å². The van der Waals surface area contributed by atoms with E-state index in [2.05, 4.69) is 10.6 Å². The Bertz CT molecular complexity index is 820. The van der Waals surface area contributed by atoms with Crippen LogP contribution in [0.4, 0.5) is 4.39 Å². The summed E-state index contributed by atoms with van der Waals surface area (Å²) in [6.45, 7) is 0.971. The van der Waals surface area contributed by atoms with E-state index in [0.29, 0.717) is 30.6 Å². The molecule has 4 rings (SSSR count). The Balaban J connectivity index is 1.77. The van der Waals surface area contributed by atoms with Gasteiger partial charge in [0.15, 0.2) is 0 Å². The molecule has 24 heavy (non-hydrogen) atoms. The van der Waals surface area contributed by atoms with Crippen LogP contribution in [0.25, 0.3) is 0 Å². The molecular formula is C16H14FN3O4. The van der Waals surface area contributed by atoms with Crippen LogP contribution in [0, 0.1) is 5.82 Å². The van der Waals surface area contributed by atoms with Gasteiger partial charge in [-0.3, -0.25) is 29.4 Å². The van der Waals surface area contributed by atoms with Crippen LogP contribution < -0.4 is 10.6 Å². The van der Waals surface area contributed by atoms with E-state index in [-0.39, 0.29) is 24.0 Å². The lowest BCUT2D eigenvalue weighted by Crippen LogP contribution is -2.54. The number of halogens is 1. The molecule has 8 heteroatoms. The van der Waals surface area contributed by atoms with E-state index in [1.165, 1.54) is 0 Å². The number of nitrogens with zero attached hydrogens (tertiary/aromatic N) is 1. The van der Waals surface area contributed by atoms with E-state index < -0.39 is 35.5 Å². The standard InChI is InChI=1S/C16H14FN3O4/c17-13-9-6-18-4-3-7(9)5-8-12(13)16(24)20(15(8)23)10-1-2-11(21)19-14(10)22/h5,10,18H,1-4,6H2,(H,19,21,22). The van der Waals surface area contributed by atoms with Crippen molar-refractivity contribution in [2.45, 2.75) is 31.8 Å². The van der Waals surface area contributed by atoms with E-state index in [9.17, 15) is 23.6 Å². The van der Waals surface area contributed by atoms with Gasteiger partial charge in [-0.2, -0.15) is 0 Å². The number of benzene rings is 1. The molecule has 3 heterocycles. The Morgan fingerprint density at radius 3 is 2.67 bits per heavy atom. The van der Waals surface area contributed by atoms with E-state index in [0.717, 1.165) is 4.90 Å². The zero-order valence-electron chi connectivity index (χ0n) is 12.6. The first-order valence-electron chi connectivity index (χ1n) is 7.75. The molecule has 2 N–H and O–H groups in total. The predicted molar refractivity (Wildman–Crippen MR) is 78.5 cm³/mol. The maximum Gasteiger partial charge on any atom is 0.265 e. The molecule has 1 saturated heterocycles. The van der Waals surface area contributed by atoms with Crippen LogP contribution in [0.5, 0.6) is 0 Å². The lowest BCUT2D eigenvalue weighted by molar-refractivity contribution is -0.136. The van der Waals surface area contributed by atoms with Crippen LogP contribution in [0.15, 0.2) is 6.07 Å². The quantitative estimate of drug-likeness (QED) is 0.699. The molecule has 1 atom stereocenters. The largest absolute Gasteiger partial charge is 0.312 e. The van der Waals surface area contributed by atoms with Gasteiger partial charge in [0.1, 0.15) is 11.9 Å². The second-order valence-corrected chi connectivity index (χ2v) is 6.12. The van der Waals surface area contributed by atoms with Gasteiger partial charge in [0.25, 0.3) is 11.8 Å². The fourth-order valence-electron chi connectivity index (χ4n) is 3.53. The molecule has 1 unspecified atom stereocenters. The predicted octanol–water partition coefficient (Wildman–Crippen LogP) is -0.127. The first kappa shape index (κ1) is 14.9. The van der Waals surface area contributed by atoms with Crippen molar-refractivity contribution < 1.29 is 23.6 Å². The van der Waals surface area contributed by atoms with Gasteiger partial charge in [-0.25, -0.2) is 4.39 Å². The molecule has 0 saturated carbocycles. The minimum atomic E-state index is -1.08. The summed E-state index contributed by atoms with van der Waals surface area (Å²) in [5.74, 6) is -3.32. The lowest BCUT2D eigenvalue weighted by atomic mass is 9.94. The Morgan fingerprint density at radius 1 is 1.12 bits per heavy atom. The van der Waals surface area contributed by atoms with Crippen molar-refractivity contribution in [3.63, 3.8) is 0 Å². The van der Waals surface area contributed by atoms with E-state index in [4.69, 9.17) is 0 Å². The van der Waals surface area contributed by atoms with Crippen molar-refractivity contribution in [2.75, 3.05) is 6.54 Å². The maximum atomic E-state index is 14.8. The number of imide groups is 2. The molecule has 0 bridgehead atoms. The number of piperidine rings is 1. The van der Waals surface area contributed by atoms with Gasteiger partial charge < -0.3 is 5.32 Å². The fourth-order valence-corrected chi connectivity index (χ4v) is 3.53. The van der Waals surface area contributed by atoms with Crippen molar-refractivity contribution in [1.29, 1.82) is 0 Å². The first-order valence-corrected chi connectivity index (χ1v) is 7.75. The van der Waals surface area contributed by atoms with Gasteiger partial charge in [-0.05, 0) is 31.0 Å².